The lowest BCUT2D eigenvalue weighted by Gasteiger charge is -2.39. The molecule has 194 valence electrons. The molecule has 3 heterocycles. The smallest absolute Gasteiger partial charge is 0.290 e. The number of aliphatic imine (C=N–C) groups is 1. The van der Waals surface area contributed by atoms with E-state index in [1.54, 1.807) is 14.1 Å². The van der Waals surface area contributed by atoms with Crippen molar-refractivity contribution in [2.24, 2.45) is 4.99 Å². The summed E-state index contributed by atoms with van der Waals surface area (Å²) in [4.78, 5) is 38.2. The Morgan fingerprint density at radius 1 is 0.892 bits per heavy atom. The van der Waals surface area contributed by atoms with Gasteiger partial charge in [0.15, 0.2) is 0 Å². The van der Waals surface area contributed by atoms with Crippen molar-refractivity contribution in [3.8, 4) is 0 Å². The number of amides is 3. The minimum Gasteiger partial charge on any atom is -0.290 e. The van der Waals surface area contributed by atoms with Crippen LogP contribution in [0.3, 0.4) is 0 Å². The molecule has 0 saturated carbocycles. The molecule has 1 unspecified atom stereocenters. The van der Waals surface area contributed by atoms with Crippen molar-refractivity contribution in [3.63, 3.8) is 0 Å². The number of fused-ring (bicyclic) bond motifs is 1. The number of nitrogens with zero attached hydrogens (tertiary/aromatic N) is 6. The van der Waals surface area contributed by atoms with Crippen LogP contribution in [-0.4, -0.2) is 107 Å². The molecule has 2 aromatic carbocycles. The van der Waals surface area contributed by atoms with E-state index in [2.05, 4.69) is 82.0 Å². The second-order valence-electron chi connectivity index (χ2n) is 10.1. The van der Waals surface area contributed by atoms with Crippen LogP contribution in [0.15, 0.2) is 65.7 Å². The molecule has 2 aromatic rings. The number of amidine groups is 2. The third-order valence-electron chi connectivity index (χ3n) is 7.73. The number of rotatable bonds is 8. The fourth-order valence-corrected chi connectivity index (χ4v) is 5.63. The lowest BCUT2D eigenvalue weighted by Crippen LogP contribution is -2.61. The maximum Gasteiger partial charge on any atom is 0.333 e. The molecule has 8 heteroatoms. The summed E-state index contributed by atoms with van der Waals surface area (Å²) in [5, 5.41) is 0. The molecule has 3 aliphatic rings. The van der Waals surface area contributed by atoms with Crippen LogP contribution < -0.4 is 0 Å². The van der Waals surface area contributed by atoms with Crippen LogP contribution in [-0.2, 0) is 4.79 Å². The van der Waals surface area contributed by atoms with E-state index in [1.807, 2.05) is 0 Å². The van der Waals surface area contributed by atoms with Crippen molar-refractivity contribution >= 4 is 23.6 Å². The quantitative estimate of drug-likeness (QED) is 0.522. The highest BCUT2D eigenvalue weighted by Crippen LogP contribution is 2.29. The molecule has 0 spiro atoms. The highest BCUT2D eigenvalue weighted by molar-refractivity contribution is 6.23. The van der Waals surface area contributed by atoms with Crippen molar-refractivity contribution < 1.29 is 14.2 Å². The SMILES string of the molecule is CCCC[N+]1=C(CN2CCN(C(c3ccccc3)c3ccccc3)CC2)N=C2C1C(=O)N(C)C(=O)N2C. The zero-order chi connectivity index (χ0) is 25.9. The number of unbranched alkanes of at least 4 members (excludes halogenated alkanes) is 1. The molecule has 0 aromatic heterocycles. The number of benzene rings is 2. The predicted octanol–water partition coefficient (Wildman–Crippen LogP) is 2.91. The van der Waals surface area contributed by atoms with Gasteiger partial charge in [0.25, 0.3) is 17.8 Å². The summed E-state index contributed by atoms with van der Waals surface area (Å²) in [6.45, 7) is 7.30. The van der Waals surface area contributed by atoms with Gasteiger partial charge in [-0.25, -0.2) is 9.37 Å². The van der Waals surface area contributed by atoms with Crippen molar-refractivity contribution in [3.05, 3.63) is 71.8 Å². The number of hydrogen-bond donors (Lipinski definition) is 0. The third kappa shape index (κ3) is 4.95. The molecule has 37 heavy (non-hydrogen) atoms. The van der Waals surface area contributed by atoms with Crippen molar-refractivity contribution in [1.82, 2.24) is 19.6 Å². The first-order valence-corrected chi connectivity index (χ1v) is 13.3. The number of piperazine rings is 1. The highest BCUT2D eigenvalue weighted by Gasteiger charge is 2.52. The number of imide groups is 1. The summed E-state index contributed by atoms with van der Waals surface area (Å²) in [6, 6.07) is 20.9. The van der Waals surface area contributed by atoms with E-state index in [0.29, 0.717) is 12.4 Å². The first kappa shape index (κ1) is 25.3. The van der Waals surface area contributed by atoms with E-state index >= 15 is 0 Å². The van der Waals surface area contributed by atoms with Crippen molar-refractivity contribution in [2.45, 2.75) is 31.8 Å². The Balaban J connectivity index is 1.33. The van der Waals surface area contributed by atoms with E-state index in [9.17, 15) is 9.59 Å². The average molecular weight is 502 g/mol. The zero-order valence-corrected chi connectivity index (χ0v) is 22.1. The Kier molecular flexibility index (Phi) is 7.48. The van der Waals surface area contributed by atoms with Gasteiger partial charge in [0.2, 0.25) is 0 Å². The molecule has 0 radical (unpaired) electrons. The molecule has 5 rings (SSSR count). The normalized spacial score (nSPS) is 21.2. The monoisotopic (exact) mass is 501 g/mol. The van der Waals surface area contributed by atoms with Crippen LogP contribution in [0.5, 0.6) is 0 Å². The van der Waals surface area contributed by atoms with E-state index in [-0.39, 0.29) is 18.0 Å². The van der Waals surface area contributed by atoms with Gasteiger partial charge in [0.05, 0.1) is 12.6 Å². The van der Waals surface area contributed by atoms with Gasteiger partial charge in [-0.1, -0.05) is 74.0 Å². The van der Waals surface area contributed by atoms with Crippen LogP contribution >= 0.6 is 0 Å². The molecule has 2 saturated heterocycles. The minimum atomic E-state index is -0.504. The molecular weight excluding hydrogens is 464 g/mol. The summed E-state index contributed by atoms with van der Waals surface area (Å²) in [5.74, 6) is 1.27. The Hall–Kier alpha value is -3.36. The summed E-state index contributed by atoms with van der Waals surface area (Å²) in [5.41, 5.74) is 2.62. The number of carbonyl (C=O) groups excluding carboxylic acids is 2. The minimum absolute atomic E-state index is 0.189. The van der Waals surface area contributed by atoms with E-state index in [0.717, 1.165) is 51.4 Å². The Labute approximate surface area is 219 Å². The van der Waals surface area contributed by atoms with Gasteiger partial charge in [0.1, 0.15) is 6.54 Å². The first-order valence-electron chi connectivity index (χ1n) is 13.3. The van der Waals surface area contributed by atoms with Gasteiger partial charge in [-0.3, -0.25) is 24.4 Å². The van der Waals surface area contributed by atoms with Crippen LogP contribution in [0.2, 0.25) is 0 Å². The van der Waals surface area contributed by atoms with Crippen LogP contribution in [0.25, 0.3) is 0 Å². The molecule has 0 N–H and O–H groups in total. The van der Waals surface area contributed by atoms with Crippen LogP contribution in [0.4, 0.5) is 4.79 Å². The van der Waals surface area contributed by atoms with E-state index in [1.165, 1.54) is 20.9 Å². The van der Waals surface area contributed by atoms with Crippen LogP contribution in [0.1, 0.15) is 36.9 Å². The van der Waals surface area contributed by atoms with Crippen molar-refractivity contribution in [1.29, 1.82) is 0 Å². The summed E-state index contributed by atoms with van der Waals surface area (Å²) in [6.07, 6.45) is 2.00. The number of likely N-dealkylation sites (N-methyl/N-ethyl adjacent to an activating group) is 2. The number of urea groups is 1. The van der Waals surface area contributed by atoms with Gasteiger partial charge in [-0.05, 0) is 22.5 Å². The molecule has 8 nitrogen and oxygen atoms in total. The molecule has 1 atom stereocenters. The molecule has 2 fully saturated rings. The fraction of sp³-hybridized carbons (Fsp3) is 0.448. The molecule has 3 amide bonds. The molecular formula is C29H37N6O2+. The van der Waals surface area contributed by atoms with E-state index < -0.39 is 6.04 Å². The van der Waals surface area contributed by atoms with Gasteiger partial charge in [-0.2, -0.15) is 0 Å². The van der Waals surface area contributed by atoms with Gasteiger partial charge in [-0.15, -0.1) is 0 Å². The topological polar surface area (TPSA) is 62.5 Å². The second-order valence-corrected chi connectivity index (χ2v) is 10.1. The van der Waals surface area contributed by atoms with Gasteiger partial charge in [0, 0.05) is 40.3 Å². The lowest BCUT2D eigenvalue weighted by atomic mass is 9.96. The van der Waals surface area contributed by atoms with E-state index in [4.69, 9.17) is 4.99 Å². The first-order chi connectivity index (χ1) is 18.0. The average Bonchev–Trinajstić information content (AvgIpc) is 3.29. The molecule has 0 aliphatic carbocycles. The number of hydrogen-bond acceptors (Lipinski definition) is 5. The zero-order valence-electron chi connectivity index (χ0n) is 22.1. The summed E-state index contributed by atoms with van der Waals surface area (Å²) >= 11 is 0. The maximum absolute atomic E-state index is 13.1. The van der Waals surface area contributed by atoms with Crippen molar-refractivity contribution in [2.75, 3.05) is 53.4 Å². The Bertz CT molecular complexity index is 1150. The number of carbonyl (C=O) groups is 2. The van der Waals surface area contributed by atoms with Crippen LogP contribution in [0, 0.1) is 0 Å². The highest BCUT2D eigenvalue weighted by atomic mass is 16.2. The fourth-order valence-electron chi connectivity index (χ4n) is 5.63. The Morgan fingerprint density at radius 2 is 1.49 bits per heavy atom. The molecule has 0 bridgehead atoms. The lowest BCUT2D eigenvalue weighted by molar-refractivity contribution is -0.536. The van der Waals surface area contributed by atoms with Gasteiger partial charge < -0.3 is 0 Å². The molecule has 3 aliphatic heterocycles. The second kappa shape index (κ2) is 10.9. The maximum atomic E-state index is 13.1. The summed E-state index contributed by atoms with van der Waals surface area (Å²) < 4.78 is 2.13. The van der Waals surface area contributed by atoms with Gasteiger partial charge >= 0.3 is 11.9 Å². The standard InChI is InChI=1S/C29H37N6O2/c1-4-5-16-35-24(30-27-26(35)28(36)32(3)29(37)31(27)2)21-33-17-19-34(20-18-33)25(22-12-8-6-9-13-22)23-14-10-7-11-15-23/h6-15,25-26H,4-5,16-21H2,1-3H3/q+1. The third-order valence-corrected chi connectivity index (χ3v) is 7.73. The Morgan fingerprint density at radius 3 is 2.05 bits per heavy atom. The predicted molar refractivity (Wildman–Crippen MR) is 145 cm³/mol. The largest absolute Gasteiger partial charge is 0.333 e. The summed E-state index contributed by atoms with van der Waals surface area (Å²) in [7, 11) is 3.27.